The summed E-state index contributed by atoms with van der Waals surface area (Å²) in [7, 11) is -2.83. The van der Waals surface area contributed by atoms with Crippen molar-refractivity contribution in [3.8, 4) is 0 Å². The van der Waals surface area contributed by atoms with Gasteiger partial charge in [-0.15, -0.1) is 0 Å². The molecule has 0 radical (unpaired) electrons. The highest BCUT2D eigenvalue weighted by Crippen LogP contribution is 2.32. The fraction of sp³-hybridized carbons (Fsp3) is 1.00. The average Bonchev–Trinajstić information content (AvgIpc) is 2.15. The minimum absolute atomic E-state index is 0.217. The maximum atomic E-state index is 11.1. The first-order valence-corrected chi connectivity index (χ1v) is 7.91. The molecule has 3 unspecified atom stereocenters. The van der Waals surface area contributed by atoms with Gasteiger partial charge in [0.25, 0.3) is 0 Å². The van der Waals surface area contributed by atoms with Gasteiger partial charge in [-0.2, -0.15) is 0 Å². The van der Waals surface area contributed by atoms with E-state index >= 15 is 0 Å². The first-order chi connectivity index (χ1) is 6.92. The van der Waals surface area contributed by atoms with E-state index in [9.17, 15) is 8.42 Å². The highest BCUT2D eigenvalue weighted by Gasteiger charge is 2.27. The molecule has 90 valence electrons. The van der Waals surface area contributed by atoms with Crippen LogP contribution in [0.4, 0.5) is 0 Å². The molecule has 0 heterocycles. The van der Waals surface area contributed by atoms with Crippen molar-refractivity contribution in [2.45, 2.75) is 45.1 Å². The van der Waals surface area contributed by atoms with Gasteiger partial charge in [-0.3, -0.25) is 0 Å². The molecule has 4 heteroatoms. The van der Waals surface area contributed by atoms with Crippen molar-refractivity contribution >= 4 is 9.84 Å². The fourth-order valence-corrected chi connectivity index (χ4v) is 3.18. The van der Waals surface area contributed by atoms with E-state index in [-0.39, 0.29) is 6.04 Å². The average molecular weight is 233 g/mol. The van der Waals surface area contributed by atoms with Crippen molar-refractivity contribution in [1.29, 1.82) is 0 Å². The predicted molar refractivity (Wildman–Crippen MR) is 63.4 cm³/mol. The van der Waals surface area contributed by atoms with Crippen LogP contribution in [0, 0.1) is 11.8 Å². The van der Waals surface area contributed by atoms with Gasteiger partial charge >= 0.3 is 0 Å². The number of sulfone groups is 1. The smallest absolute Gasteiger partial charge is 0.147 e. The lowest BCUT2D eigenvalue weighted by atomic mass is 9.76. The Morgan fingerprint density at radius 2 is 2.00 bits per heavy atom. The van der Waals surface area contributed by atoms with Gasteiger partial charge in [0.05, 0.1) is 5.75 Å². The largest absolute Gasteiger partial charge is 0.327 e. The van der Waals surface area contributed by atoms with Crippen LogP contribution in [0.5, 0.6) is 0 Å². The van der Waals surface area contributed by atoms with E-state index in [0.29, 0.717) is 11.7 Å². The van der Waals surface area contributed by atoms with Crippen molar-refractivity contribution in [2.24, 2.45) is 17.6 Å². The fourth-order valence-electron chi connectivity index (χ4n) is 2.45. The second-order valence-corrected chi connectivity index (χ2v) is 7.19. The van der Waals surface area contributed by atoms with Crippen LogP contribution in [-0.2, 0) is 9.84 Å². The monoisotopic (exact) mass is 233 g/mol. The van der Waals surface area contributed by atoms with Gasteiger partial charge in [-0.25, -0.2) is 8.42 Å². The van der Waals surface area contributed by atoms with Crippen molar-refractivity contribution in [2.75, 3.05) is 12.0 Å². The van der Waals surface area contributed by atoms with Gasteiger partial charge in [-0.1, -0.05) is 13.3 Å². The number of rotatable bonds is 4. The first kappa shape index (κ1) is 13.0. The molecule has 1 aliphatic carbocycles. The zero-order valence-electron chi connectivity index (χ0n) is 9.78. The molecule has 1 saturated carbocycles. The van der Waals surface area contributed by atoms with Gasteiger partial charge < -0.3 is 5.73 Å². The summed E-state index contributed by atoms with van der Waals surface area (Å²) in [5, 5.41) is 0. The van der Waals surface area contributed by atoms with Crippen molar-refractivity contribution in [3.05, 3.63) is 0 Å². The van der Waals surface area contributed by atoms with Crippen LogP contribution in [0.25, 0.3) is 0 Å². The van der Waals surface area contributed by atoms with E-state index in [0.717, 1.165) is 25.2 Å². The zero-order valence-corrected chi connectivity index (χ0v) is 10.6. The Hall–Kier alpha value is -0.0900. The molecular weight excluding hydrogens is 210 g/mol. The molecule has 0 spiro atoms. The molecule has 3 atom stereocenters. The Balaban J connectivity index is 2.44. The van der Waals surface area contributed by atoms with E-state index in [1.807, 2.05) is 0 Å². The Bertz CT molecular complexity index is 287. The van der Waals surface area contributed by atoms with Crippen LogP contribution in [-0.4, -0.2) is 26.5 Å². The summed E-state index contributed by atoms with van der Waals surface area (Å²) in [5.41, 5.74) is 6.03. The van der Waals surface area contributed by atoms with Crippen LogP contribution in [0.3, 0.4) is 0 Å². The third kappa shape index (κ3) is 4.51. The lowest BCUT2D eigenvalue weighted by molar-refractivity contribution is 0.223. The molecule has 0 aromatic heterocycles. The quantitative estimate of drug-likeness (QED) is 0.802. The summed E-state index contributed by atoms with van der Waals surface area (Å²) in [4.78, 5) is 0. The van der Waals surface area contributed by atoms with Crippen LogP contribution >= 0.6 is 0 Å². The Morgan fingerprint density at radius 1 is 1.33 bits per heavy atom. The molecule has 1 fully saturated rings. The Kier molecular flexibility index (Phi) is 4.59. The van der Waals surface area contributed by atoms with Crippen LogP contribution in [0.15, 0.2) is 0 Å². The summed E-state index contributed by atoms with van der Waals surface area (Å²) >= 11 is 0. The summed E-state index contributed by atoms with van der Waals surface area (Å²) in [6.07, 6.45) is 6.64. The normalized spacial score (nSPS) is 32.9. The molecule has 0 saturated heterocycles. The summed E-state index contributed by atoms with van der Waals surface area (Å²) in [5.74, 6) is 1.47. The molecule has 2 N–H and O–H groups in total. The van der Waals surface area contributed by atoms with Crippen LogP contribution in [0.2, 0.25) is 0 Å². The lowest BCUT2D eigenvalue weighted by Gasteiger charge is -2.33. The number of hydrogen-bond donors (Lipinski definition) is 1. The summed E-state index contributed by atoms with van der Waals surface area (Å²) in [6, 6.07) is 0.217. The van der Waals surface area contributed by atoms with E-state index in [1.165, 1.54) is 19.1 Å². The molecule has 3 nitrogen and oxygen atoms in total. The number of nitrogens with two attached hydrogens (primary N) is 1. The zero-order chi connectivity index (χ0) is 11.5. The molecular formula is C11H23NO2S. The van der Waals surface area contributed by atoms with Crippen molar-refractivity contribution in [1.82, 2.24) is 0 Å². The molecule has 1 aliphatic rings. The molecule has 15 heavy (non-hydrogen) atoms. The predicted octanol–water partition coefficient (Wildman–Crippen LogP) is 1.57. The standard InChI is InChI=1S/C11H23NO2S/c1-3-9-4-5-11(12)10(8-9)6-7-15(2,13)14/h9-11H,3-8,12H2,1-2H3. The van der Waals surface area contributed by atoms with E-state index in [2.05, 4.69) is 6.92 Å². The van der Waals surface area contributed by atoms with Gasteiger partial charge in [0.15, 0.2) is 0 Å². The highest BCUT2D eigenvalue weighted by molar-refractivity contribution is 7.90. The Labute approximate surface area is 93.3 Å². The number of hydrogen-bond acceptors (Lipinski definition) is 3. The minimum Gasteiger partial charge on any atom is -0.327 e. The third-order valence-electron chi connectivity index (χ3n) is 3.59. The van der Waals surface area contributed by atoms with E-state index in [4.69, 9.17) is 5.73 Å². The van der Waals surface area contributed by atoms with Gasteiger partial charge in [0.1, 0.15) is 9.84 Å². The third-order valence-corrected chi connectivity index (χ3v) is 4.56. The summed E-state index contributed by atoms with van der Waals surface area (Å²) in [6.45, 7) is 2.20. The van der Waals surface area contributed by atoms with Gasteiger partial charge in [0.2, 0.25) is 0 Å². The second kappa shape index (κ2) is 5.30. The van der Waals surface area contributed by atoms with Crippen LogP contribution < -0.4 is 5.73 Å². The molecule has 1 rings (SSSR count). The maximum absolute atomic E-state index is 11.1. The lowest BCUT2D eigenvalue weighted by Crippen LogP contribution is -2.37. The molecule has 0 aromatic carbocycles. The molecule has 0 aromatic rings. The minimum atomic E-state index is -2.83. The highest BCUT2D eigenvalue weighted by atomic mass is 32.2. The first-order valence-electron chi connectivity index (χ1n) is 5.85. The van der Waals surface area contributed by atoms with E-state index in [1.54, 1.807) is 0 Å². The topological polar surface area (TPSA) is 60.2 Å². The van der Waals surface area contributed by atoms with Crippen LogP contribution in [0.1, 0.15) is 39.0 Å². The van der Waals surface area contributed by atoms with E-state index < -0.39 is 9.84 Å². The maximum Gasteiger partial charge on any atom is 0.147 e. The Morgan fingerprint density at radius 3 is 2.53 bits per heavy atom. The molecule has 0 amide bonds. The van der Waals surface area contributed by atoms with Crippen molar-refractivity contribution in [3.63, 3.8) is 0 Å². The SMILES string of the molecule is CCC1CCC(N)C(CCS(C)(=O)=O)C1. The van der Waals surface area contributed by atoms with Gasteiger partial charge in [-0.05, 0) is 37.5 Å². The van der Waals surface area contributed by atoms with Gasteiger partial charge in [0, 0.05) is 12.3 Å². The molecule has 0 bridgehead atoms. The molecule has 0 aliphatic heterocycles. The van der Waals surface area contributed by atoms with Crippen molar-refractivity contribution < 1.29 is 8.42 Å². The summed E-state index contributed by atoms with van der Waals surface area (Å²) < 4.78 is 22.2. The second-order valence-electron chi connectivity index (χ2n) is 4.93.